The van der Waals surface area contributed by atoms with E-state index in [0.717, 1.165) is 11.1 Å². The lowest BCUT2D eigenvalue weighted by molar-refractivity contribution is -0.133. The Kier molecular flexibility index (Phi) is 4.71. The Labute approximate surface area is 144 Å². The van der Waals surface area contributed by atoms with Crippen molar-refractivity contribution in [2.75, 3.05) is 0 Å². The second kappa shape index (κ2) is 6.75. The second-order valence-corrected chi connectivity index (χ2v) is 6.33. The van der Waals surface area contributed by atoms with Crippen molar-refractivity contribution in [1.29, 1.82) is 0 Å². The number of aliphatic carboxylic acids is 1. The summed E-state index contributed by atoms with van der Waals surface area (Å²) in [5, 5.41) is 14.2. The second-order valence-electron chi connectivity index (χ2n) is 5.46. The molecule has 5 heteroatoms. The van der Waals surface area contributed by atoms with Crippen molar-refractivity contribution in [3.63, 3.8) is 0 Å². The molecular weight excluding hydrogens is 333 g/mol. The third kappa shape index (κ3) is 3.58. The average Bonchev–Trinajstić information content (AvgIpc) is 2.55. The minimum atomic E-state index is -0.919. The molecule has 0 spiro atoms. The van der Waals surface area contributed by atoms with E-state index >= 15 is 0 Å². The summed E-state index contributed by atoms with van der Waals surface area (Å²) in [6.45, 7) is 0. The van der Waals surface area contributed by atoms with Gasteiger partial charge in [-0.1, -0.05) is 53.5 Å². The van der Waals surface area contributed by atoms with Crippen LogP contribution >= 0.6 is 23.2 Å². The summed E-state index contributed by atoms with van der Waals surface area (Å²) < 4.78 is 0. The average molecular weight is 348 g/mol. The minimum absolute atomic E-state index is 0.0272. The SMILES string of the molecule is O=C(O)C1=CCC(c2ccc(Cl)cc2)N[C@H]1c1cccc(Cl)c1. The van der Waals surface area contributed by atoms with E-state index in [1.54, 1.807) is 18.2 Å². The Morgan fingerprint density at radius 2 is 1.78 bits per heavy atom. The van der Waals surface area contributed by atoms with Crippen LogP contribution < -0.4 is 5.32 Å². The van der Waals surface area contributed by atoms with Gasteiger partial charge < -0.3 is 5.11 Å². The number of carboxylic acids is 1. The summed E-state index contributed by atoms with van der Waals surface area (Å²) in [6.07, 6.45) is 2.39. The predicted molar refractivity (Wildman–Crippen MR) is 91.9 cm³/mol. The molecule has 0 saturated carbocycles. The number of benzene rings is 2. The fourth-order valence-electron chi connectivity index (χ4n) is 2.82. The van der Waals surface area contributed by atoms with Crippen molar-refractivity contribution < 1.29 is 9.90 Å². The standard InChI is InChI=1S/C18H15Cl2NO2/c19-13-6-4-11(5-7-13)16-9-8-15(18(22)23)17(21-16)12-2-1-3-14(20)10-12/h1-8,10,16-17,21H,9H2,(H,22,23)/t16?,17-/m0/s1. The first-order chi connectivity index (χ1) is 11.0. The summed E-state index contributed by atoms with van der Waals surface area (Å²) in [5.74, 6) is -0.919. The van der Waals surface area contributed by atoms with Crippen LogP contribution in [0.25, 0.3) is 0 Å². The maximum Gasteiger partial charge on any atom is 0.333 e. The molecule has 1 aliphatic heterocycles. The van der Waals surface area contributed by atoms with Crippen LogP contribution in [0.2, 0.25) is 10.0 Å². The molecule has 1 unspecified atom stereocenters. The van der Waals surface area contributed by atoms with Crippen LogP contribution in [0.5, 0.6) is 0 Å². The van der Waals surface area contributed by atoms with Gasteiger partial charge >= 0.3 is 5.97 Å². The number of carboxylic acid groups (broad SMARTS) is 1. The first-order valence-electron chi connectivity index (χ1n) is 7.25. The van der Waals surface area contributed by atoms with Gasteiger partial charge in [0, 0.05) is 16.1 Å². The molecule has 0 aromatic heterocycles. The molecule has 3 nitrogen and oxygen atoms in total. The van der Waals surface area contributed by atoms with Gasteiger partial charge in [-0.2, -0.15) is 0 Å². The molecule has 0 amide bonds. The molecule has 3 rings (SSSR count). The van der Waals surface area contributed by atoms with E-state index in [9.17, 15) is 9.90 Å². The third-order valence-electron chi connectivity index (χ3n) is 3.95. The predicted octanol–water partition coefficient (Wildman–Crippen LogP) is 4.78. The Bertz CT molecular complexity index is 756. The lowest BCUT2D eigenvalue weighted by Gasteiger charge is -2.31. The van der Waals surface area contributed by atoms with Crippen molar-refractivity contribution in [1.82, 2.24) is 5.32 Å². The Balaban J connectivity index is 1.95. The van der Waals surface area contributed by atoms with Gasteiger partial charge in [-0.3, -0.25) is 5.32 Å². The first-order valence-corrected chi connectivity index (χ1v) is 8.00. The lowest BCUT2D eigenvalue weighted by Crippen LogP contribution is -2.33. The van der Waals surface area contributed by atoms with E-state index in [4.69, 9.17) is 23.2 Å². The van der Waals surface area contributed by atoms with Crippen molar-refractivity contribution in [3.8, 4) is 0 Å². The van der Waals surface area contributed by atoms with Crippen LogP contribution in [-0.2, 0) is 4.79 Å². The monoisotopic (exact) mass is 347 g/mol. The van der Waals surface area contributed by atoms with E-state index in [-0.39, 0.29) is 6.04 Å². The number of carbonyl (C=O) groups is 1. The molecule has 1 aliphatic rings. The molecule has 0 saturated heterocycles. The highest BCUT2D eigenvalue weighted by Crippen LogP contribution is 2.34. The van der Waals surface area contributed by atoms with Gasteiger partial charge in [-0.15, -0.1) is 0 Å². The van der Waals surface area contributed by atoms with Gasteiger partial charge in [0.25, 0.3) is 0 Å². The molecule has 2 aromatic carbocycles. The molecule has 2 aromatic rings. The number of halogens is 2. The molecule has 118 valence electrons. The van der Waals surface area contributed by atoms with Crippen LogP contribution in [0.4, 0.5) is 0 Å². The van der Waals surface area contributed by atoms with Gasteiger partial charge in [-0.25, -0.2) is 4.79 Å². The zero-order valence-electron chi connectivity index (χ0n) is 12.2. The summed E-state index contributed by atoms with van der Waals surface area (Å²) in [4.78, 5) is 11.6. The van der Waals surface area contributed by atoms with Crippen LogP contribution in [0.1, 0.15) is 29.6 Å². The normalized spacial score (nSPS) is 20.9. The molecule has 2 N–H and O–H groups in total. The summed E-state index contributed by atoms with van der Waals surface area (Å²) in [5.41, 5.74) is 2.25. The number of nitrogens with one attached hydrogen (secondary N) is 1. The molecule has 23 heavy (non-hydrogen) atoms. The Morgan fingerprint density at radius 1 is 1.04 bits per heavy atom. The van der Waals surface area contributed by atoms with E-state index < -0.39 is 12.0 Å². The molecule has 2 atom stereocenters. The van der Waals surface area contributed by atoms with Crippen molar-refractivity contribution in [3.05, 3.63) is 81.4 Å². The smallest absolute Gasteiger partial charge is 0.333 e. The van der Waals surface area contributed by atoms with Crippen LogP contribution in [-0.4, -0.2) is 11.1 Å². The zero-order valence-corrected chi connectivity index (χ0v) is 13.7. The largest absolute Gasteiger partial charge is 0.478 e. The first kappa shape index (κ1) is 16.1. The Morgan fingerprint density at radius 3 is 2.43 bits per heavy atom. The maximum atomic E-state index is 11.6. The van der Waals surface area contributed by atoms with Crippen LogP contribution in [0.15, 0.2) is 60.2 Å². The molecule has 0 bridgehead atoms. The van der Waals surface area contributed by atoms with Crippen molar-refractivity contribution >= 4 is 29.2 Å². The van der Waals surface area contributed by atoms with Gasteiger partial charge in [0.1, 0.15) is 0 Å². The minimum Gasteiger partial charge on any atom is -0.478 e. The third-order valence-corrected chi connectivity index (χ3v) is 4.44. The fourth-order valence-corrected chi connectivity index (χ4v) is 3.15. The molecule has 0 aliphatic carbocycles. The highest BCUT2D eigenvalue weighted by atomic mass is 35.5. The number of rotatable bonds is 3. The highest BCUT2D eigenvalue weighted by molar-refractivity contribution is 6.30. The van der Waals surface area contributed by atoms with Gasteiger partial charge in [0.2, 0.25) is 0 Å². The fraction of sp³-hybridized carbons (Fsp3) is 0.167. The quantitative estimate of drug-likeness (QED) is 0.839. The number of hydrogen-bond donors (Lipinski definition) is 2. The zero-order chi connectivity index (χ0) is 16.4. The summed E-state index contributed by atoms with van der Waals surface area (Å²) >= 11 is 12.0. The molecule has 0 fully saturated rings. The molecule has 1 heterocycles. The molecule has 0 radical (unpaired) electrons. The van der Waals surface area contributed by atoms with Crippen LogP contribution in [0, 0.1) is 0 Å². The Hall–Kier alpha value is -1.81. The summed E-state index contributed by atoms with van der Waals surface area (Å²) in [6, 6.07) is 14.5. The summed E-state index contributed by atoms with van der Waals surface area (Å²) in [7, 11) is 0. The van der Waals surface area contributed by atoms with Crippen molar-refractivity contribution in [2.45, 2.75) is 18.5 Å². The number of hydrogen-bond acceptors (Lipinski definition) is 2. The van der Waals surface area contributed by atoms with Gasteiger partial charge in [-0.05, 0) is 41.8 Å². The van der Waals surface area contributed by atoms with E-state index in [0.29, 0.717) is 22.0 Å². The maximum absolute atomic E-state index is 11.6. The van der Waals surface area contributed by atoms with Crippen LogP contribution in [0.3, 0.4) is 0 Å². The van der Waals surface area contributed by atoms with Gasteiger partial charge in [0.15, 0.2) is 0 Å². The van der Waals surface area contributed by atoms with Crippen molar-refractivity contribution in [2.24, 2.45) is 0 Å². The van der Waals surface area contributed by atoms with Gasteiger partial charge in [0.05, 0.1) is 11.6 Å². The molecular formula is C18H15Cl2NO2. The van der Waals surface area contributed by atoms with E-state index in [1.807, 2.05) is 36.4 Å². The van der Waals surface area contributed by atoms with E-state index in [1.165, 1.54) is 0 Å². The van der Waals surface area contributed by atoms with E-state index in [2.05, 4.69) is 5.32 Å². The highest BCUT2D eigenvalue weighted by Gasteiger charge is 2.29. The lowest BCUT2D eigenvalue weighted by atomic mass is 9.89. The topological polar surface area (TPSA) is 49.3 Å².